The number of hydrogen-bond acceptors (Lipinski definition) is 5. The second-order valence-electron chi connectivity index (χ2n) is 15.2. The molecule has 0 spiro atoms. The van der Waals surface area contributed by atoms with Crippen LogP contribution in [0.5, 0.6) is 0 Å². The Morgan fingerprint density at radius 1 is 0.527 bits per heavy atom. The molecule has 0 fully saturated rings. The van der Waals surface area contributed by atoms with Crippen LogP contribution < -0.4 is 5.32 Å². The smallest absolute Gasteiger partial charge is 0.306 e. The van der Waals surface area contributed by atoms with Crippen molar-refractivity contribution in [1.82, 2.24) is 5.32 Å². The maximum atomic E-state index is 13.1. The van der Waals surface area contributed by atoms with Crippen molar-refractivity contribution in [3.63, 3.8) is 0 Å². The van der Waals surface area contributed by atoms with Gasteiger partial charge in [-0.15, -0.1) is 0 Å². The fourth-order valence-corrected chi connectivity index (χ4v) is 6.40. The number of unbranched alkanes of at least 4 members (excludes halogenated alkanes) is 19. The average molecular weight is 768 g/mol. The van der Waals surface area contributed by atoms with E-state index in [1.54, 1.807) is 0 Å². The van der Waals surface area contributed by atoms with E-state index in [4.69, 9.17) is 4.74 Å². The predicted octanol–water partition coefficient (Wildman–Crippen LogP) is 13.1. The quantitative estimate of drug-likeness (QED) is 0.0250. The molecule has 6 heteroatoms. The third-order valence-corrected chi connectivity index (χ3v) is 9.85. The van der Waals surface area contributed by atoms with Crippen molar-refractivity contribution in [2.24, 2.45) is 0 Å². The van der Waals surface area contributed by atoms with Gasteiger partial charge < -0.3 is 20.3 Å². The van der Waals surface area contributed by atoms with Crippen molar-refractivity contribution in [2.75, 3.05) is 6.61 Å². The van der Waals surface area contributed by atoms with Crippen molar-refractivity contribution in [2.45, 2.75) is 219 Å². The van der Waals surface area contributed by atoms with Gasteiger partial charge in [-0.25, -0.2) is 0 Å². The van der Waals surface area contributed by atoms with Crippen LogP contribution in [-0.2, 0) is 14.3 Å². The summed E-state index contributed by atoms with van der Waals surface area (Å²) in [5.41, 5.74) is 0. The minimum atomic E-state index is -0.801. The Kier molecular flexibility index (Phi) is 40.4. The lowest BCUT2D eigenvalue weighted by Crippen LogP contribution is -2.46. The summed E-state index contributed by atoms with van der Waals surface area (Å²) in [6.45, 7) is 6.28. The maximum Gasteiger partial charge on any atom is 0.306 e. The predicted molar refractivity (Wildman–Crippen MR) is 236 cm³/mol. The standard InChI is InChI=1S/C49H85NO5/c1-4-7-10-13-16-19-22-23-24-25-26-27-28-31-34-37-40-45(55-49(54)42-39-36-33-30-21-18-15-12-9-6-3)43-48(53)50-46(44-51)47(52)41-38-35-32-29-20-17-14-11-8-5-2/h10,12-13,15-16,19,22-27,45-47,51-52H,4-9,11,14,17-18,20-21,28-44H2,1-3H3,(H,50,53)/b13-10+,15-12-,19-16+,23-22+,25-24+,27-26+. The number of carbonyl (C=O) groups is 2. The zero-order valence-corrected chi connectivity index (χ0v) is 35.8. The molecule has 0 heterocycles. The minimum absolute atomic E-state index is 0.0429. The number of aliphatic hydroxyl groups excluding tert-OH is 2. The van der Waals surface area contributed by atoms with Gasteiger partial charge in [-0.1, -0.05) is 196 Å². The number of esters is 1. The molecule has 0 aromatic rings. The molecular weight excluding hydrogens is 683 g/mol. The molecule has 0 bridgehead atoms. The Morgan fingerprint density at radius 2 is 0.982 bits per heavy atom. The van der Waals surface area contributed by atoms with Crippen LogP contribution in [0.4, 0.5) is 0 Å². The molecule has 0 saturated heterocycles. The number of allylic oxidation sites excluding steroid dienone is 12. The van der Waals surface area contributed by atoms with E-state index in [2.05, 4.69) is 62.5 Å². The highest BCUT2D eigenvalue weighted by Crippen LogP contribution is 2.17. The van der Waals surface area contributed by atoms with E-state index in [1.165, 1.54) is 70.6 Å². The topological polar surface area (TPSA) is 95.9 Å². The molecule has 0 aliphatic rings. The molecule has 55 heavy (non-hydrogen) atoms. The summed E-state index contributed by atoms with van der Waals surface area (Å²) < 4.78 is 5.87. The van der Waals surface area contributed by atoms with Gasteiger partial charge >= 0.3 is 5.97 Å². The van der Waals surface area contributed by atoms with Gasteiger partial charge in [-0.05, 0) is 64.2 Å². The first kappa shape index (κ1) is 52.3. The molecule has 0 aromatic carbocycles. The van der Waals surface area contributed by atoms with E-state index < -0.39 is 18.2 Å². The number of carbonyl (C=O) groups excluding carboxylic acids is 2. The lowest BCUT2D eigenvalue weighted by molar-refractivity contribution is -0.151. The Balaban J connectivity index is 4.74. The molecule has 0 aliphatic heterocycles. The van der Waals surface area contributed by atoms with Gasteiger partial charge in [0.25, 0.3) is 0 Å². The molecule has 0 radical (unpaired) electrons. The van der Waals surface area contributed by atoms with Crippen LogP contribution in [0.1, 0.15) is 201 Å². The van der Waals surface area contributed by atoms with Crippen molar-refractivity contribution < 1.29 is 24.5 Å². The second kappa shape index (κ2) is 42.4. The summed E-state index contributed by atoms with van der Waals surface area (Å²) in [5, 5.41) is 23.6. The SMILES string of the molecule is CCC/C=C\CCCCCCCC(=O)OC(CCCCC/C=C/C=C/C=C/C=C/C=C/CCC)CC(=O)NC(CO)C(O)CCCCCCCCCCCC. The number of rotatable bonds is 39. The lowest BCUT2D eigenvalue weighted by atomic mass is 10.0. The minimum Gasteiger partial charge on any atom is -0.462 e. The normalized spacial score (nSPS) is 14.1. The van der Waals surface area contributed by atoms with Crippen LogP contribution in [-0.4, -0.2) is 46.9 Å². The first-order chi connectivity index (χ1) is 27.0. The van der Waals surface area contributed by atoms with Gasteiger partial charge in [-0.2, -0.15) is 0 Å². The first-order valence-corrected chi connectivity index (χ1v) is 22.7. The number of aliphatic hydroxyl groups is 2. The van der Waals surface area contributed by atoms with Crippen LogP contribution >= 0.6 is 0 Å². The summed E-state index contributed by atoms with van der Waals surface area (Å²) in [7, 11) is 0. The molecule has 3 N–H and O–H groups in total. The van der Waals surface area contributed by atoms with Gasteiger partial charge in [-0.3, -0.25) is 9.59 Å². The third kappa shape index (κ3) is 38.0. The highest BCUT2D eigenvalue weighted by molar-refractivity contribution is 5.77. The number of amides is 1. The van der Waals surface area contributed by atoms with Crippen LogP contribution in [0.3, 0.4) is 0 Å². The Labute approximate surface area is 339 Å². The summed E-state index contributed by atoms with van der Waals surface area (Å²) in [5.74, 6) is -0.536. The monoisotopic (exact) mass is 768 g/mol. The number of hydrogen-bond donors (Lipinski definition) is 3. The average Bonchev–Trinajstić information content (AvgIpc) is 3.18. The maximum absolute atomic E-state index is 13.1. The van der Waals surface area contributed by atoms with Crippen molar-refractivity contribution in [3.05, 3.63) is 72.9 Å². The highest BCUT2D eigenvalue weighted by atomic mass is 16.5. The van der Waals surface area contributed by atoms with Crippen LogP contribution in [0.25, 0.3) is 0 Å². The second-order valence-corrected chi connectivity index (χ2v) is 15.2. The molecule has 3 unspecified atom stereocenters. The van der Waals surface area contributed by atoms with E-state index in [-0.39, 0.29) is 24.9 Å². The van der Waals surface area contributed by atoms with E-state index in [0.29, 0.717) is 19.3 Å². The molecule has 1 amide bonds. The molecule has 316 valence electrons. The van der Waals surface area contributed by atoms with Crippen LogP contribution in [0.15, 0.2) is 72.9 Å². The zero-order chi connectivity index (χ0) is 40.3. The van der Waals surface area contributed by atoms with Crippen molar-refractivity contribution in [1.29, 1.82) is 0 Å². The van der Waals surface area contributed by atoms with Crippen molar-refractivity contribution >= 4 is 11.9 Å². The summed E-state index contributed by atoms with van der Waals surface area (Å²) in [4.78, 5) is 25.9. The molecule has 0 aromatic heterocycles. The molecule has 3 atom stereocenters. The molecule has 6 nitrogen and oxygen atoms in total. The van der Waals surface area contributed by atoms with Gasteiger partial charge in [0, 0.05) is 6.42 Å². The van der Waals surface area contributed by atoms with Crippen molar-refractivity contribution in [3.8, 4) is 0 Å². The van der Waals surface area contributed by atoms with E-state index in [1.807, 2.05) is 36.5 Å². The summed E-state index contributed by atoms with van der Waals surface area (Å²) >= 11 is 0. The molecular formula is C49H85NO5. The lowest BCUT2D eigenvalue weighted by Gasteiger charge is -2.24. The van der Waals surface area contributed by atoms with Crippen LogP contribution in [0.2, 0.25) is 0 Å². The van der Waals surface area contributed by atoms with E-state index in [9.17, 15) is 19.8 Å². The number of ether oxygens (including phenoxy) is 1. The van der Waals surface area contributed by atoms with E-state index >= 15 is 0 Å². The van der Waals surface area contributed by atoms with E-state index in [0.717, 1.165) is 83.5 Å². The zero-order valence-electron chi connectivity index (χ0n) is 35.8. The number of nitrogens with one attached hydrogen (secondary N) is 1. The molecule has 0 rings (SSSR count). The highest BCUT2D eigenvalue weighted by Gasteiger charge is 2.24. The van der Waals surface area contributed by atoms with Gasteiger partial charge in [0.2, 0.25) is 5.91 Å². The fraction of sp³-hybridized carbons (Fsp3) is 0.714. The molecule has 0 saturated carbocycles. The fourth-order valence-electron chi connectivity index (χ4n) is 6.40. The Bertz CT molecular complexity index is 1040. The largest absolute Gasteiger partial charge is 0.462 e. The molecule has 0 aliphatic carbocycles. The Morgan fingerprint density at radius 3 is 1.58 bits per heavy atom. The van der Waals surface area contributed by atoms with Gasteiger partial charge in [0.1, 0.15) is 6.10 Å². The summed E-state index contributed by atoms with van der Waals surface area (Å²) in [6, 6.07) is -0.718. The Hall–Kier alpha value is -2.70. The van der Waals surface area contributed by atoms with Gasteiger partial charge in [0.15, 0.2) is 0 Å². The third-order valence-electron chi connectivity index (χ3n) is 9.85. The van der Waals surface area contributed by atoms with Gasteiger partial charge in [0.05, 0.1) is 25.2 Å². The summed E-state index contributed by atoms with van der Waals surface area (Å²) in [6.07, 6.45) is 52.4. The first-order valence-electron chi connectivity index (χ1n) is 22.7. The van der Waals surface area contributed by atoms with Crippen LogP contribution in [0, 0.1) is 0 Å².